The van der Waals surface area contributed by atoms with Crippen molar-refractivity contribution in [2.75, 3.05) is 30.3 Å². The van der Waals surface area contributed by atoms with Gasteiger partial charge in [-0.15, -0.1) is 0 Å². The van der Waals surface area contributed by atoms with Crippen molar-refractivity contribution in [3.63, 3.8) is 0 Å². The molecular weight excluding hydrogens is 441 g/mol. The molecule has 4 N–H and O–H groups in total. The Bertz CT molecular complexity index is 1110. The van der Waals surface area contributed by atoms with Crippen LogP contribution in [0.25, 0.3) is 11.0 Å². The fraction of sp³-hybridized carbons (Fsp3) is 0.286. The molecule has 0 radical (unpaired) electrons. The van der Waals surface area contributed by atoms with Crippen LogP contribution in [-0.4, -0.2) is 57.5 Å². The second kappa shape index (κ2) is 9.03. The number of hydrogen-bond acceptors (Lipinski definition) is 5. The van der Waals surface area contributed by atoms with E-state index in [4.69, 9.17) is 23.2 Å². The molecule has 1 atom stereocenters. The zero-order valence-corrected chi connectivity index (χ0v) is 18.0. The van der Waals surface area contributed by atoms with E-state index in [-0.39, 0.29) is 24.1 Å². The molecule has 0 saturated carbocycles. The van der Waals surface area contributed by atoms with Crippen molar-refractivity contribution in [3.8, 4) is 0 Å². The van der Waals surface area contributed by atoms with Gasteiger partial charge in [-0.25, -0.2) is 9.78 Å². The third-order valence-electron chi connectivity index (χ3n) is 5.25. The highest BCUT2D eigenvalue weighted by molar-refractivity contribution is 6.35. The first kappa shape index (κ1) is 21.3. The van der Waals surface area contributed by atoms with Crippen molar-refractivity contribution >= 4 is 57.5 Å². The summed E-state index contributed by atoms with van der Waals surface area (Å²) in [4.78, 5) is 33.4. The number of nitrogens with one attached hydrogen (secondary N) is 3. The maximum atomic E-state index is 12.7. The number of carboxylic acids is 1. The molecule has 1 amide bonds. The first-order valence-corrected chi connectivity index (χ1v) is 10.6. The standard InChI is InChI=1S/C21H21Cl2N5O3/c22-12-6-13(23)8-15(7-12)25-10-18(29)28-5-1-2-14(11-28)27-19-16-3-4-24-20(16)26-9-17(19)21(30)31/h3-4,6-9,14,25H,1-2,5,10-11H2,(H,30,31)(H2,24,26,27)/t14-/m1/s1. The molecule has 1 aliphatic heterocycles. The van der Waals surface area contributed by atoms with E-state index in [1.807, 2.05) is 0 Å². The molecule has 0 bridgehead atoms. The molecule has 31 heavy (non-hydrogen) atoms. The lowest BCUT2D eigenvalue weighted by molar-refractivity contribution is -0.130. The van der Waals surface area contributed by atoms with E-state index in [1.54, 1.807) is 35.4 Å². The number of H-pyrrole nitrogens is 1. The summed E-state index contributed by atoms with van der Waals surface area (Å²) in [7, 11) is 0. The summed E-state index contributed by atoms with van der Waals surface area (Å²) < 4.78 is 0. The van der Waals surface area contributed by atoms with Gasteiger partial charge in [0.05, 0.1) is 12.2 Å². The number of fused-ring (bicyclic) bond motifs is 1. The number of halogens is 2. The molecule has 1 fully saturated rings. The van der Waals surface area contributed by atoms with Crippen LogP contribution in [0.4, 0.5) is 11.4 Å². The van der Waals surface area contributed by atoms with Crippen molar-refractivity contribution in [3.05, 3.63) is 52.3 Å². The van der Waals surface area contributed by atoms with Crippen LogP contribution in [0.5, 0.6) is 0 Å². The molecule has 4 rings (SSSR count). The first-order valence-electron chi connectivity index (χ1n) is 9.84. The molecule has 1 aliphatic rings. The SMILES string of the molecule is O=C(O)c1cnc2[nH]ccc2c1N[C@@H]1CCCN(C(=O)CNc2cc(Cl)cc(Cl)c2)C1. The fourth-order valence-corrected chi connectivity index (χ4v) is 4.32. The number of carboxylic acid groups (broad SMARTS) is 1. The molecule has 0 unspecified atom stereocenters. The number of amides is 1. The highest BCUT2D eigenvalue weighted by Crippen LogP contribution is 2.28. The molecule has 0 aliphatic carbocycles. The molecule has 1 saturated heterocycles. The van der Waals surface area contributed by atoms with Gasteiger partial charge in [-0.05, 0) is 37.1 Å². The lowest BCUT2D eigenvalue weighted by atomic mass is 10.0. The van der Waals surface area contributed by atoms with Crippen LogP contribution < -0.4 is 10.6 Å². The number of aromatic nitrogens is 2. The number of pyridine rings is 1. The normalized spacial score (nSPS) is 16.3. The second-order valence-corrected chi connectivity index (χ2v) is 8.30. The predicted octanol–water partition coefficient (Wildman–Crippen LogP) is 4.08. The first-order chi connectivity index (χ1) is 14.9. The molecule has 3 heterocycles. The van der Waals surface area contributed by atoms with Gasteiger partial charge in [0.25, 0.3) is 0 Å². The van der Waals surface area contributed by atoms with Crippen LogP contribution in [0.3, 0.4) is 0 Å². The van der Waals surface area contributed by atoms with E-state index in [2.05, 4.69) is 20.6 Å². The lowest BCUT2D eigenvalue weighted by Gasteiger charge is -2.34. The average molecular weight is 462 g/mol. The number of likely N-dealkylation sites (tertiary alicyclic amines) is 1. The Morgan fingerprint density at radius 2 is 2.03 bits per heavy atom. The number of rotatable bonds is 6. The Morgan fingerprint density at radius 3 is 2.77 bits per heavy atom. The number of nitrogens with zero attached hydrogens (tertiary/aromatic N) is 2. The monoisotopic (exact) mass is 461 g/mol. The number of carbonyl (C=O) groups excluding carboxylic acids is 1. The quantitative estimate of drug-likeness (QED) is 0.440. The highest BCUT2D eigenvalue weighted by atomic mass is 35.5. The number of piperidine rings is 1. The maximum Gasteiger partial charge on any atom is 0.339 e. The molecule has 3 aromatic rings. The minimum atomic E-state index is -1.05. The van der Waals surface area contributed by atoms with Gasteiger partial charge in [0.1, 0.15) is 11.2 Å². The summed E-state index contributed by atoms with van der Waals surface area (Å²) in [5.74, 6) is -1.10. The highest BCUT2D eigenvalue weighted by Gasteiger charge is 2.25. The van der Waals surface area contributed by atoms with Crippen LogP contribution in [0.2, 0.25) is 10.0 Å². The van der Waals surface area contributed by atoms with Gasteiger partial charge in [0.2, 0.25) is 5.91 Å². The smallest absolute Gasteiger partial charge is 0.339 e. The Hall–Kier alpha value is -2.97. The fourth-order valence-electron chi connectivity index (χ4n) is 3.80. The van der Waals surface area contributed by atoms with Crippen molar-refractivity contribution in [2.24, 2.45) is 0 Å². The summed E-state index contributed by atoms with van der Waals surface area (Å²) in [6.45, 7) is 1.24. The topological polar surface area (TPSA) is 110 Å². The number of anilines is 2. The van der Waals surface area contributed by atoms with Crippen LogP contribution in [-0.2, 0) is 4.79 Å². The summed E-state index contributed by atoms with van der Waals surface area (Å²) in [6, 6.07) is 6.77. The van der Waals surface area contributed by atoms with E-state index >= 15 is 0 Å². The minimum absolute atomic E-state index is 0.0532. The van der Waals surface area contributed by atoms with Crippen molar-refractivity contribution in [1.29, 1.82) is 0 Å². The summed E-state index contributed by atoms with van der Waals surface area (Å²) >= 11 is 12.0. The Morgan fingerprint density at radius 1 is 1.26 bits per heavy atom. The number of carbonyl (C=O) groups is 2. The number of benzene rings is 1. The van der Waals surface area contributed by atoms with Gasteiger partial charge in [-0.3, -0.25) is 4.79 Å². The molecular formula is C21H21Cl2N5O3. The number of aromatic amines is 1. The van der Waals surface area contributed by atoms with Gasteiger partial charge < -0.3 is 25.6 Å². The molecule has 2 aromatic heterocycles. The van der Waals surface area contributed by atoms with E-state index in [1.165, 1.54) is 6.20 Å². The summed E-state index contributed by atoms with van der Waals surface area (Å²) in [5.41, 5.74) is 1.91. The predicted molar refractivity (Wildman–Crippen MR) is 121 cm³/mol. The van der Waals surface area contributed by atoms with E-state index < -0.39 is 5.97 Å². The van der Waals surface area contributed by atoms with Gasteiger partial charge in [0.15, 0.2) is 0 Å². The average Bonchev–Trinajstić information content (AvgIpc) is 3.21. The Labute approximate surface area is 188 Å². The maximum absolute atomic E-state index is 12.7. The van der Waals surface area contributed by atoms with E-state index in [0.29, 0.717) is 45.5 Å². The van der Waals surface area contributed by atoms with Crippen LogP contribution in [0, 0.1) is 0 Å². The van der Waals surface area contributed by atoms with Crippen molar-refractivity contribution in [1.82, 2.24) is 14.9 Å². The number of aromatic carboxylic acids is 1. The Kier molecular flexibility index (Phi) is 6.20. The van der Waals surface area contributed by atoms with Gasteiger partial charge in [0, 0.05) is 52.6 Å². The van der Waals surface area contributed by atoms with Crippen LogP contribution in [0.1, 0.15) is 23.2 Å². The molecule has 10 heteroatoms. The molecule has 162 valence electrons. The van der Waals surface area contributed by atoms with Gasteiger partial charge in [-0.2, -0.15) is 0 Å². The largest absolute Gasteiger partial charge is 0.478 e. The van der Waals surface area contributed by atoms with Gasteiger partial charge in [-0.1, -0.05) is 23.2 Å². The zero-order chi connectivity index (χ0) is 22.0. The molecule has 8 nitrogen and oxygen atoms in total. The van der Waals surface area contributed by atoms with Crippen molar-refractivity contribution < 1.29 is 14.7 Å². The summed E-state index contributed by atoms with van der Waals surface area (Å²) in [6.07, 6.45) is 4.71. The Balaban J connectivity index is 1.44. The molecule has 1 aromatic carbocycles. The van der Waals surface area contributed by atoms with Crippen LogP contribution >= 0.6 is 23.2 Å². The molecule has 0 spiro atoms. The number of hydrogen-bond donors (Lipinski definition) is 4. The second-order valence-electron chi connectivity index (χ2n) is 7.43. The summed E-state index contributed by atoms with van der Waals surface area (Å²) in [5, 5.41) is 17.7. The zero-order valence-electron chi connectivity index (χ0n) is 16.5. The van der Waals surface area contributed by atoms with Crippen molar-refractivity contribution in [2.45, 2.75) is 18.9 Å². The third-order valence-corrected chi connectivity index (χ3v) is 5.68. The minimum Gasteiger partial charge on any atom is -0.478 e. The van der Waals surface area contributed by atoms with Gasteiger partial charge >= 0.3 is 5.97 Å². The van der Waals surface area contributed by atoms with E-state index in [9.17, 15) is 14.7 Å². The lowest BCUT2D eigenvalue weighted by Crippen LogP contribution is -2.47. The third kappa shape index (κ3) is 4.86. The van der Waals surface area contributed by atoms with Crippen LogP contribution in [0.15, 0.2) is 36.7 Å². The van der Waals surface area contributed by atoms with E-state index in [0.717, 1.165) is 12.8 Å².